The van der Waals surface area contributed by atoms with Crippen molar-refractivity contribution in [2.45, 2.75) is 12.8 Å². The van der Waals surface area contributed by atoms with Gasteiger partial charge in [0.25, 0.3) is 5.91 Å². The number of hydrogen-bond acceptors (Lipinski definition) is 6. The SMILES string of the molecule is Cn1c(C(=O)Nc2ccc(C#N)cc2-c2noc(=O)[nH]2)cc2ccc(OCC3CC3)cc21. The third kappa shape index (κ3) is 3.74. The van der Waals surface area contributed by atoms with E-state index in [0.717, 1.165) is 23.3 Å². The molecule has 0 bridgehead atoms. The van der Waals surface area contributed by atoms with Crippen LogP contribution < -0.4 is 15.8 Å². The number of aromatic amines is 1. The van der Waals surface area contributed by atoms with Crippen LogP contribution in [0.1, 0.15) is 28.9 Å². The number of aryl methyl sites for hydroxylation is 1. The number of aromatic nitrogens is 3. The van der Waals surface area contributed by atoms with Crippen LogP contribution >= 0.6 is 0 Å². The molecule has 9 nitrogen and oxygen atoms in total. The maximum Gasteiger partial charge on any atom is 0.439 e. The normalized spacial score (nSPS) is 13.1. The summed E-state index contributed by atoms with van der Waals surface area (Å²) in [4.78, 5) is 26.9. The van der Waals surface area contributed by atoms with Crippen LogP contribution in [-0.4, -0.2) is 27.2 Å². The maximum absolute atomic E-state index is 13.1. The van der Waals surface area contributed by atoms with E-state index in [1.54, 1.807) is 22.8 Å². The first-order valence-corrected chi connectivity index (χ1v) is 10.2. The zero-order valence-electron chi connectivity index (χ0n) is 17.2. The average molecular weight is 429 g/mol. The number of nitrogens with one attached hydrogen (secondary N) is 2. The number of hydrogen-bond donors (Lipinski definition) is 2. The molecule has 0 unspecified atom stereocenters. The van der Waals surface area contributed by atoms with Crippen LogP contribution in [0.3, 0.4) is 0 Å². The summed E-state index contributed by atoms with van der Waals surface area (Å²) >= 11 is 0. The highest BCUT2D eigenvalue weighted by atomic mass is 16.5. The minimum absolute atomic E-state index is 0.122. The molecule has 1 fully saturated rings. The van der Waals surface area contributed by atoms with E-state index < -0.39 is 5.76 Å². The highest BCUT2D eigenvalue weighted by Gasteiger charge is 2.22. The zero-order valence-corrected chi connectivity index (χ0v) is 17.2. The standard InChI is InChI=1S/C23H19N5O4/c1-28-19-10-16(31-12-13-2-3-13)6-5-15(19)9-20(28)22(29)25-18-7-4-14(11-24)8-17(18)21-26-23(30)32-27-21/h4-10,13H,2-3,12H2,1H3,(H,25,29)(H,26,27,30). The molecule has 2 N–H and O–H groups in total. The topological polar surface area (TPSA) is 126 Å². The molecule has 2 aromatic heterocycles. The molecule has 2 aromatic carbocycles. The van der Waals surface area contributed by atoms with Crippen LogP contribution in [-0.2, 0) is 7.05 Å². The number of carbonyl (C=O) groups is 1. The van der Waals surface area contributed by atoms with Crippen molar-refractivity contribution in [3.05, 3.63) is 64.3 Å². The van der Waals surface area contributed by atoms with Crippen molar-refractivity contribution in [3.63, 3.8) is 0 Å². The molecule has 0 atom stereocenters. The summed E-state index contributed by atoms with van der Waals surface area (Å²) in [6.45, 7) is 0.717. The Morgan fingerprint density at radius 3 is 2.88 bits per heavy atom. The van der Waals surface area contributed by atoms with Gasteiger partial charge < -0.3 is 14.6 Å². The lowest BCUT2D eigenvalue weighted by Crippen LogP contribution is -2.16. The van der Waals surface area contributed by atoms with Crippen LogP contribution in [0.4, 0.5) is 5.69 Å². The number of fused-ring (bicyclic) bond motifs is 1. The van der Waals surface area contributed by atoms with Crippen LogP contribution in [0.15, 0.2) is 51.8 Å². The van der Waals surface area contributed by atoms with Crippen molar-refractivity contribution in [2.75, 3.05) is 11.9 Å². The largest absolute Gasteiger partial charge is 0.493 e. The number of rotatable bonds is 6. The number of carbonyl (C=O) groups excluding carboxylic acids is 1. The molecular formula is C23H19N5O4. The second kappa shape index (κ2) is 7.74. The highest BCUT2D eigenvalue weighted by Crippen LogP contribution is 2.31. The molecule has 0 spiro atoms. The van der Waals surface area contributed by atoms with E-state index in [2.05, 4.69) is 20.0 Å². The second-order valence-corrected chi connectivity index (χ2v) is 7.83. The Morgan fingerprint density at radius 1 is 1.31 bits per heavy atom. The van der Waals surface area contributed by atoms with E-state index in [1.165, 1.54) is 18.9 Å². The number of ether oxygens (including phenoxy) is 1. The number of nitriles is 1. The molecule has 0 radical (unpaired) electrons. The lowest BCUT2D eigenvalue weighted by Gasteiger charge is -2.10. The molecule has 32 heavy (non-hydrogen) atoms. The van der Waals surface area contributed by atoms with Gasteiger partial charge in [-0.3, -0.25) is 14.3 Å². The Hall–Kier alpha value is -4.32. The van der Waals surface area contributed by atoms with Crippen LogP contribution in [0, 0.1) is 17.2 Å². The smallest absolute Gasteiger partial charge is 0.439 e. The van der Waals surface area contributed by atoms with Crippen molar-refractivity contribution in [1.82, 2.24) is 14.7 Å². The molecule has 2 heterocycles. The molecule has 4 aromatic rings. The van der Waals surface area contributed by atoms with Gasteiger partial charge in [0.05, 0.1) is 29.4 Å². The van der Waals surface area contributed by atoms with E-state index in [1.807, 2.05) is 31.3 Å². The summed E-state index contributed by atoms with van der Waals surface area (Å²) in [6.07, 6.45) is 2.44. The third-order valence-electron chi connectivity index (χ3n) is 5.52. The van der Waals surface area contributed by atoms with Gasteiger partial charge in [0.2, 0.25) is 0 Å². The Labute approximate surface area is 182 Å². The van der Waals surface area contributed by atoms with Gasteiger partial charge in [-0.1, -0.05) is 5.16 Å². The first kappa shape index (κ1) is 19.6. The summed E-state index contributed by atoms with van der Waals surface area (Å²) in [5.74, 6) is 0.481. The first-order chi connectivity index (χ1) is 15.5. The Bertz CT molecular complexity index is 1430. The van der Waals surface area contributed by atoms with Crippen molar-refractivity contribution in [1.29, 1.82) is 5.26 Å². The number of benzene rings is 2. The summed E-state index contributed by atoms with van der Waals surface area (Å²) in [5.41, 5.74) is 2.44. The molecule has 160 valence electrons. The number of anilines is 1. The molecule has 1 saturated carbocycles. The van der Waals surface area contributed by atoms with Crippen molar-refractivity contribution >= 4 is 22.5 Å². The van der Waals surface area contributed by atoms with E-state index in [-0.39, 0.29) is 11.7 Å². The molecule has 1 amide bonds. The van der Waals surface area contributed by atoms with Crippen molar-refractivity contribution in [3.8, 4) is 23.2 Å². The fourth-order valence-electron chi connectivity index (χ4n) is 3.57. The predicted octanol–water partition coefficient (Wildman–Crippen LogP) is 3.43. The summed E-state index contributed by atoms with van der Waals surface area (Å²) in [6, 6.07) is 14.3. The van der Waals surface area contributed by atoms with E-state index in [4.69, 9.17) is 4.74 Å². The molecule has 9 heteroatoms. The van der Waals surface area contributed by atoms with Crippen molar-refractivity contribution < 1.29 is 14.1 Å². The van der Waals surface area contributed by atoms with Crippen molar-refractivity contribution in [2.24, 2.45) is 13.0 Å². The fourth-order valence-corrected chi connectivity index (χ4v) is 3.57. The monoisotopic (exact) mass is 429 g/mol. The van der Waals surface area contributed by atoms with Gasteiger partial charge in [0.15, 0.2) is 5.82 Å². The van der Waals surface area contributed by atoms with Crippen LogP contribution in [0.25, 0.3) is 22.3 Å². The van der Waals surface area contributed by atoms with Gasteiger partial charge in [-0.05, 0) is 55.2 Å². The Morgan fingerprint density at radius 2 is 2.16 bits per heavy atom. The summed E-state index contributed by atoms with van der Waals surface area (Å²) < 4.78 is 12.2. The summed E-state index contributed by atoms with van der Waals surface area (Å²) in [5, 5.41) is 16.6. The predicted molar refractivity (Wildman–Crippen MR) is 116 cm³/mol. The zero-order chi connectivity index (χ0) is 22.2. The molecule has 0 saturated heterocycles. The number of nitrogens with zero attached hydrogens (tertiary/aromatic N) is 3. The van der Waals surface area contributed by atoms with E-state index in [9.17, 15) is 14.9 Å². The number of H-pyrrole nitrogens is 1. The van der Waals surface area contributed by atoms with Gasteiger partial charge in [0, 0.05) is 24.1 Å². The van der Waals surface area contributed by atoms with Crippen LogP contribution in [0.2, 0.25) is 0 Å². The Balaban J connectivity index is 1.45. The van der Waals surface area contributed by atoms with Gasteiger partial charge in [-0.2, -0.15) is 5.26 Å². The van der Waals surface area contributed by atoms with E-state index in [0.29, 0.717) is 28.4 Å². The molecule has 5 rings (SSSR count). The summed E-state index contributed by atoms with van der Waals surface area (Å²) in [7, 11) is 1.82. The average Bonchev–Trinajstić information content (AvgIpc) is 3.45. The van der Waals surface area contributed by atoms with Gasteiger partial charge >= 0.3 is 5.76 Å². The molecule has 1 aliphatic carbocycles. The Kier molecular flexibility index (Phi) is 4.75. The second-order valence-electron chi connectivity index (χ2n) is 7.83. The lowest BCUT2D eigenvalue weighted by molar-refractivity contribution is 0.102. The minimum Gasteiger partial charge on any atom is -0.493 e. The maximum atomic E-state index is 13.1. The van der Waals surface area contributed by atoms with Crippen LogP contribution in [0.5, 0.6) is 5.75 Å². The minimum atomic E-state index is -0.729. The van der Waals surface area contributed by atoms with Gasteiger partial charge in [-0.25, -0.2) is 4.79 Å². The highest BCUT2D eigenvalue weighted by molar-refractivity contribution is 6.08. The van der Waals surface area contributed by atoms with Gasteiger partial charge in [-0.15, -0.1) is 0 Å². The quantitative estimate of drug-likeness (QED) is 0.484. The third-order valence-corrected chi connectivity index (χ3v) is 5.52. The van der Waals surface area contributed by atoms with E-state index >= 15 is 0 Å². The molecular weight excluding hydrogens is 410 g/mol. The fraction of sp³-hybridized carbons (Fsp3) is 0.217. The molecule has 0 aliphatic heterocycles. The first-order valence-electron chi connectivity index (χ1n) is 10.2. The number of amides is 1. The van der Waals surface area contributed by atoms with Gasteiger partial charge in [0.1, 0.15) is 11.4 Å². The molecule has 1 aliphatic rings. The lowest BCUT2D eigenvalue weighted by atomic mass is 10.1.